The maximum Gasteiger partial charge on any atom is 0.0547 e. The summed E-state index contributed by atoms with van der Waals surface area (Å²) in [5, 5.41) is 7.59. The Morgan fingerprint density at radius 3 is 1.94 bits per heavy atom. The second-order valence-electron chi connectivity index (χ2n) is 13.2. The summed E-state index contributed by atoms with van der Waals surface area (Å²) in [4.78, 5) is 0. The van der Waals surface area contributed by atoms with Crippen molar-refractivity contribution in [2.24, 2.45) is 0 Å². The number of nitrogen functional groups attached to an aromatic ring is 1. The molecule has 0 saturated carbocycles. The molecule has 0 spiro atoms. The first-order chi connectivity index (χ1) is 26.6. The van der Waals surface area contributed by atoms with Crippen molar-refractivity contribution in [2.75, 3.05) is 5.73 Å². The molecule has 0 fully saturated rings. The van der Waals surface area contributed by atoms with Crippen LogP contribution in [0.25, 0.3) is 65.7 Å². The molecule has 54 heavy (non-hydrogen) atoms. The molecular formula is C52H44N2. The normalized spacial score (nSPS) is 11.2. The van der Waals surface area contributed by atoms with Gasteiger partial charge >= 0.3 is 0 Å². The standard InChI is InChI=1S/C47H34N2.C3H6.C2H4/c48-44-17-9-8-16-42(44)40(36-23-20-34(21-24-36)38-25-22-33-10-4-5-12-37(33)31-38)27-18-32-19-28-45-43(30-32)47-41-15-7-6-11-35(41)26-29-46(47)49(45)39-13-2-1-3-14-39;1-3-2;1-2/h1-17,19-31H,18,48H2;3H,1H2,2H3;1-2H2/b40-27-;;. The van der Waals surface area contributed by atoms with Crippen molar-refractivity contribution < 1.29 is 0 Å². The predicted molar refractivity (Wildman–Crippen MR) is 236 cm³/mol. The average Bonchev–Trinajstić information content (AvgIpc) is 3.57. The third-order valence-electron chi connectivity index (χ3n) is 9.81. The predicted octanol–water partition coefficient (Wildman–Crippen LogP) is 14.0. The zero-order valence-corrected chi connectivity index (χ0v) is 30.8. The van der Waals surface area contributed by atoms with E-state index in [1.807, 2.05) is 19.1 Å². The number of hydrogen-bond acceptors (Lipinski definition) is 1. The van der Waals surface area contributed by atoms with Crippen LogP contribution < -0.4 is 5.73 Å². The summed E-state index contributed by atoms with van der Waals surface area (Å²) in [7, 11) is 0. The van der Waals surface area contributed by atoms with Crippen molar-refractivity contribution >= 4 is 54.6 Å². The largest absolute Gasteiger partial charge is 0.398 e. The summed E-state index contributed by atoms with van der Waals surface area (Å²) in [6, 6.07) is 63.1. The van der Waals surface area contributed by atoms with Gasteiger partial charge in [0.05, 0.1) is 11.0 Å². The minimum absolute atomic E-state index is 0.773. The first-order valence-corrected chi connectivity index (χ1v) is 18.3. The van der Waals surface area contributed by atoms with Crippen LogP contribution in [0, 0.1) is 0 Å². The number of aromatic nitrogens is 1. The highest BCUT2D eigenvalue weighted by Crippen LogP contribution is 2.38. The lowest BCUT2D eigenvalue weighted by Gasteiger charge is -2.13. The van der Waals surface area contributed by atoms with Crippen molar-refractivity contribution in [1.29, 1.82) is 0 Å². The minimum Gasteiger partial charge on any atom is -0.398 e. The molecule has 0 amide bonds. The molecule has 1 heterocycles. The van der Waals surface area contributed by atoms with E-state index < -0.39 is 0 Å². The van der Waals surface area contributed by atoms with Crippen LogP contribution in [0.4, 0.5) is 5.69 Å². The zero-order chi connectivity index (χ0) is 37.4. The minimum atomic E-state index is 0.773. The lowest BCUT2D eigenvalue weighted by Crippen LogP contribution is -1.96. The Kier molecular flexibility index (Phi) is 10.6. The molecule has 8 aromatic carbocycles. The van der Waals surface area contributed by atoms with E-state index in [1.165, 1.54) is 65.7 Å². The molecule has 2 N–H and O–H groups in total. The van der Waals surface area contributed by atoms with E-state index in [9.17, 15) is 0 Å². The van der Waals surface area contributed by atoms with Crippen LogP contribution in [0.15, 0.2) is 208 Å². The van der Waals surface area contributed by atoms with Crippen LogP contribution in [0.5, 0.6) is 0 Å². The number of rotatable bonds is 6. The third-order valence-corrected chi connectivity index (χ3v) is 9.81. The first-order valence-electron chi connectivity index (χ1n) is 18.3. The number of nitrogens with two attached hydrogens (primary N) is 1. The lowest BCUT2D eigenvalue weighted by atomic mass is 9.92. The van der Waals surface area contributed by atoms with E-state index >= 15 is 0 Å². The molecule has 262 valence electrons. The van der Waals surface area contributed by atoms with E-state index in [0.29, 0.717) is 0 Å². The van der Waals surface area contributed by atoms with Crippen molar-refractivity contribution in [1.82, 2.24) is 4.57 Å². The van der Waals surface area contributed by atoms with E-state index in [0.717, 1.165) is 28.8 Å². The summed E-state index contributed by atoms with van der Waals surface area (Å²) in [6.45, 7) is 11.2. The average molecular weight is 697 g/mol. The number of benzene rings is 8. The highest BCUT2D eigenvalue weighted by molar-refractivity contribution is 6.21. The Labute approximate surface area is 318 Å². The number of hydrogen-bond donors (Lipinski definition) is 1. The van der Waals surface area contributed by atoms with Gasteiger partial charge in [-0.1, -0.05) is 146 Å². The van der Waals surface area contributed by atoms with Gasteiger partial charge in [0.15, 0.2) is 0 Å². The zero-order valence-electron chi connectivity index (χ0n) is 30.8. The fourth-order valence-corrected chi connectivity index (χ4v) is 7.38. The van der Waals surface area contributed by atoms with E-state index in [-0.39, 0.29) is 0 Å². The smallest absolute Gasteiger partial charge is 0.0547 e. The summed E-state index contributed by atoms with van der Waals surface area (Å²) in [6.07, 6.45) is 4.86. The van der Waals surface area contributed by atoms with E-state index in [2.05, 4.69) is 194 Å². The summed E-state index contributed by atoms with van der Waals surface area (Å²) < 4.78 is 2.39. The Morgan fingerprint density at radius 1 is 0.574 bits per heavy atom. The number of anilines is 1. The van der Waals surface area contributed by atoms with Crippen molar-refractivity contribution in [2.45, 2.75) is 13.3 Å². The number of nitrogens with zero attached hydrogens (tertiary/aromatic N) is 1. The number of para-hydroxylation sites is 2. The van der Waals surface area contributed by atoms with Gasteiger partial charge in [0.25, 0.3) is 0 Å². The van der Waals surface area contributed by atoms with Gasteiger partial charge < -0.3 is 10.3 Å². The van der Waals surface area contributed by atoms with Gasteiger partial charge in [0, 0.05) is 27.7 Å². The molecule has 1 aromatic heterocycles. The quantitative estimate of drug-likeness (QED) is 0.136. The first kappa shape index (κ1) is 35.5. The molecule has 0 unspecified atom stereocenters. The second kappa shape index (κ2) is 16.2. The van der Waals surface area contributed by atoms with Crippen LogP contribution >= 0.6 is 0 Å². The van der Waals surface area contributed by atoms with E-state index in [1.54, 1.807) is 6.08 Å². The second-order valence-corrected chi connectivity index (χ2v) is 13.2. The Balaban J connectivity index is 0.000000859. The third kappa shape index (κ3) is 6.98. The van der Waals surface area contributed by atoms with Crippen LogP contribution in [0.2, 0.25) is 0 Å². The topological polar surface area (TPSA) is 30.9 Å². The molecule has 2 nitrogen and oxygen atoms in total. The molecule has 9 aromatic rings. The van der Waals surface area contributed by atoms with E-state index in [4.69, 9.17) is 5.73 Å². The molecule has 0 aliphatic carbocycles. The lowest BCUT2D eigenvalue weighted by molar-refractivity contribution is 1.18. The summed E-state index contributed by atoms with van der Waals surface area (Å²) in [5.74, 6) is 0. The highest BCUT2D eigenvalue weighted by atomic mass is 15.0. The fourth-order valence-electron chi connectivity index (χ4n) is 7.38. The monoisotopic (exact) mass is 696 g/mol. The van der Waals surface area contributed by atoms with Gasteiger partial charge in [0.2, 0.25) is 0 Å². The van der Waals surface area contributed by atoms with Gasteiger partial charge in [-0.05, 0) is 105 Å². The fraction of sp³-hybridized carbons (Fsp3) is 0.0385. The van der Waals surface area contributed by atoms with Crippen LogP contribution in [-0.4, -0.2) is 4.57 Å². The molecule has 0 radical (unpaired) electrons. The van der Waals surface area contributed by atoms with Crippen molar-refractivity contribution in [3.05, 3.63) is 225 Å². The van der Waals surface area contributed by atoms with Crippen LogP contribution in [-0.2, 0) is 6.42 Å². The number of allylic oxidation sites excluding steroid dienone is 2. The molecule has 0 aliphatic rings. The Morgan fingerprint density at radius 2 is 1.19 bits per heavy atom. The van der Waals surface area contributed by atoms with Crippen LogP contribution in [0.1, 0.15) is 23.6 Å². The van der Waals surface area contributed by atoms with Gasteiger partial charge in [-0.2, -0.15) is 0 Å². The SMILES string of the molecule is C=C.C=CC.Nc1ccccc1/C(=C\Cc1ccc2c(c1)c1c3ccccc3ccc1n2-c1ccccc1)c1ccc(-c2ccc3ccccc3c2)cc1. The summed E-state index contributed by atoms with van der Waals surface area (Å²) in [5.41, 5.74) is 18.0. The Hall–Kier alpha value is -6.90. The molecule has 9 rings (SSSR count). The van der Waals surface area contributed by atoms with Gasteiger partial charge in [-0.3, -0.25) is 0 Å². The molecular weight excluding hydrogens is 653 g/mol. The molecule has 0 atom stereocenters. The Bertz CT molecular complexity index is 2750. The van der Waals surface area contributed by atoms with Gasteiger partial charge in [-0.15, -0.1) is 19.7 Å². The number of fused-ring (bicyclic) bond motifs is 6. The molecule has 0 bridgehead atoms. The molecule has 2 heteroatoms. The van der Waals surface area contributed by atoms with Crippen molar-refractivity contribution in [3.8, 4) is 16.8 Å². The van der Waals surface area contributed by atoms with Crippen LogP contribution in [0.3, 0.4) is 0 Å². The van der Waals surface area contributed by atoms with Crippen molar-refractivity contribution in [3.63, 3.8) is 0 Å². The summed E-state index contributed by atoms with van der Waals surface area (Å²) >= 11 is 0. The maximum absolute atomic E-state index is 6.61. The molecule has 0 saturated heterocycles. The van der Waals surface area contributed by atoms with Gasteiger partial charge in [0.1, 0.15) is 0 Å². The maximum atomic E-state index is 6.61. The van der Waals surface area contributed by atoms with Gasteiger partial charge in [-0.25, -0.2) is 0 Å². The molecule has 0 aliphatic heterocycles. The highest BCUT2D eigenvalue weighted by Gasteiger charge is 2.16.